The minimum absolute atomic E-state index is 0. The Bertz CT molecular complexity index is 301. The maximum absolute atomic E-state index is 9.18. The van der Waals surface area contributed by atoms with Crippen LogP contribution in [0.1, 0.15) is 19.4 Å². The number of benzene rings is 1. The second-order valence-corrected chi connectivity index (χ2v) is 4.83. The molecule has 4 heteroatoms. The summed E-state index contributed by atoms with van der Waals surface area (Å²) in [5, 5.41) is 12.6. The highest BCUT2D eigenvalue weighted by atomic mass is 35.5. The number of rotatable bonds is 6. The van der Waals surface area contributed by atoms with Crippen molar-refractivity contribution in [1.29, 1.82) is 0 Å². The zero-order valence-electron chi connectivity index (χ0n) is 10.3. The highest BCUT2D eigenvalue weighted by Gasteiger charge is 2.08. The highest BCUT2D eigenvalue weighted by molar-refractivity contribution is 6.18. The molecule has 0 aliphatic carbocycles. The summed E-state index contributed by atoms with van der Waals surface area (Å²) >= 11 is 5.92. The molecule has 1 rings (SSSR count). The molecule has 98 valence electrons. The first-order valence-electron chi connectivity index (χ1n) is 5.69. The van der Waals surface area contributed by atoms with Gasteiger partial charge in [0.1, 0.15) is 5.75 Å². The molecule has 0 aliphatic heterocycles. The molecule has 17 heavy (non-hydrogen) atoms. The van der Waals surface area contributed by atoms with Gasteiger partial charge in [-0.05, 0) is 36.6 Å². The van der Waals surface area contributed by atoms with Crippen molar-refractivity contribution < 1.29 is 5.11 Å². The van der Waals surface area contributed by atoms with Gasteiger partial charge in [-0.15, -0.1) is 24.0 Å². The topological polar surface area (TPSA) is 32.3 Å². The van der Waals surface area contributed by atoms with Gasteiger partial charge in [0.15, 0.2) is 0 Å². The Labute approximate surface area is 115 Å². The fourth-order valence-electron chi connectivity index (χ4n) is 1.50. The molecule has 0 radical (unpaired) electrons. The molecule has 1 atom stereocenters. The number of nitrogens with one attached hydrogen (secondary N) is 1. The Kier molecular flexibility index (Phi) is 8.40. The fraction of sp³-hybridized carbons (Fsp3) is 0.538. The lowest BCUT2D eigenvalue weighted by atomic mass is 10.1. The number of alkyl halides is 1. The highest BCUT2D eigenvalue weighted by Crippen LogP contribution is 2.11. The maximum Gasteiger partial charge on any atom is 0.115 e. The number of phenolic OH excluding ortho intramolecular Hbond substituents is 1. The molecule has 0 unspecified atom stereocenters. The molecule has 0 amide bonds. The van der Waals surface area contributed by atoms with Crippen molar-refractivity contribution in [1.82, 2.24) is 5.32 Å². The Morgan fingerprint density at radius 3 is 2.29 bits per heavy atom. The van der Waals surface area contributed by atoms with Crippen LogP contribution in [0, 0.1) is 5.92 Å². The molecule has 0 saturated heterocycles. The first kappa shape index (κ1) is 16.6. The quantitative estimate of drug-likeness (QED) is 0.783. The van der Waals surface area contributed by atoms with Gasteiger partial charge >= 0.3 is 0 Å². The number of phenols is 1. The van der Waals surface area contributed by atoms with Gasteiger partial charge in [0.25, 0.3) is 0 Å². The average Bonchev–Trinajstić information content (AvgIpc) is 2.26. The lowest BCUT2D eigenvalue weighted by Crippen LogP contribution is -2.35. The summed E-state index contributed by atoms with van der Waals surface area (Å²) in [4.78, 5) is 0. The summed E-state index contributed by atoms with van der Waals surface area (Å²) in [6.45, 7) is 5.34. The lowest BCUT2D eigenvalue weighted by Gasteiger charge is -2.17. The first-order chi connectivity index (χ1) is 7.61. The van der Waals surface area contributed by atoms with Crippen molar-refractivity contribution in [2.24, 2.45) is 5.92 Å². The van der Waals surface area contributed by atoms with Crippen LogP contribution in [0.2, 0.25) is 0 Å². The number of aromatic hydroxyl groups is 1. The SMILES string of the molecule is CC(C)CN[C@H](CCl)Cc1ccc(O)cc1.Cl. The van der Waals surface area contributed by atoms with Gasteiger partial charge < -0.3 is 10.4 Å². The van der Waals surface area contributed by atoms with Crippen molar-refractivity contribution in [2.75, 3.05) is 12.4 Å². The van der Waals surface area contributed by atoms with E-state index >= 15 is 0 Å². The Morgan fingerprint density at radius 1 is 1.24 bits per heavy atom. The monoisotopic (exact) mass is 277 g/mol. The van der Waals surface area contributed by atoms with Crippen LogP contribution in [0.5, 0.6) is 5.75 Å². The summed E-state index contributed by atoms with van der Waals surface area (Å²) < 4.78 is 0. The van der Waals surface area contributed by atoms with Gasteiger partial charge in [0, 0.05) is 11.9 Å². The predicted octanol–water partition coefficient (Wildman–Crippen LogP) is 3.21. The molecule has 0 spiro atoms. The zero-order valence-corrected chi connectivity index (χ0v) is 11.9. The fourth-order valence-corrected chi connectivity index (χ4v) is 1.72. The van der Waals surface area contributed by atoms with E-state index in [1.165, 1.54) is 5.56 Å². The summed E-state index contributed by atoms with van der Waals surface area (Å²) in [5.41, 5.74) is 1.19. The van der Waals surface area contributed by atoms with Crippen LogP contribution in [0.3, 0.4) is 0 Å². The molecule has 0 heterocycles. The molecule has 0 aliphatic rings. The second kappa shape index (κ2) is 8.62. The van der Waals surface area contributed by atoms with Crippen molar-refractivity contribution in [3.63, 3.8) is 0 Å². The Balaban J connectivity index is 0.00000256. The smallest absolute Gasteiger partial charge is 0.115 e. The van der Waals surface area contributed by atoms with Crippen LogP contribution < -0.4 is 5.32 Å². The zero-order chi connectivity index (χ0) is 12.0. The van der Waals surface area contributed by atoms with Crippen molar-refractivity contribution in [3.05, 3.63) is 29.8 Å². The molecule has 2 N–H and O–H groups in total. The van der Waals surface area contributed by atoms with Crippen molar-refractivity contribution in [3.8, 4) is 5.75 Å². The number of halogens is 2. The lowest BCUT2D eigenvalue weighted by molar-refractivity contribution is 0.473. The molecule has 0 aromatic heterocycles. The molecular weight excluding hydrogens is 257 g/mol. The normalized spacial score (nSPS) is 12.2. The maximum atomic E-state index is 9.18. The van der Waals surface area contributed by atoms with E-state index in [9.17, 15) is 5.11 Å². The minimum Gasteiger partial charge on any atom is -0.508 e. The van der Waals surface area contributed by atoms with Crippen LogP contribution in [-0.4, -0.2) is 23.6 Å². The van der Waals surface area contributed by atoms with E-state index in [-0.39, 0.29) is 12.4 Å². The van der Waals surface area contributed by atoms with E-state index in [4.69, 9.17) is 11.6 Å². The van der Waals surface area contributed by atoms with Crippen LogP contribution in [0.4, 0.5) is 0 Å². The molecular formula is C13H21Cl2NO. The van der Waals surface area contributed by atoms with Gasteiger partial charge in [-0.3, -0.25) is 0 Å². The Morgan fingerprint density at radius 2 is 1.82 bits per heavy atom. The van der Waals surface area contributed by atoms with E-state index in [0.717, 1.165) is 13.0 Å². The third-order valence-corrected chi connectivity index (χ3v) is 2.79. The molecule has 0 bridgehead atoms. The van der Waals surface area contributed by atoms with Crippen LogP contribution in [0.25, 0.3) is 0 Å². The number of hydrogen-bond acceptors (Lipinski definition) is 2. The van der Waals surface area contributed by atoms with E-state index < -0.39 is 0 Å². The summed E-state index contributed by atoms with van der Waals surface area (Å²) in [6, 6.07) is 7.60. The second-order valence-electron chi connectivity index (χ2n) is 4.52. The standard InChI is InChI=1S/C13H20ClNO.ClH/c1-10(2)9-15-12(8-14)7-11-3-5-13(16)6-4-11;/h3-6,10,12,15-16H,7-9H2,1-2H3;1H/t12-;/m0./s1. The first-order valence-corrected chi connectivity index (χ1v) is 6.22. The molecule has 1 aromatic rings. The van der Waals surface area contributed by atoms with Gasteiger partial charge in [-0.25, -0.2) is 0 Å². The summed E-state index contributed by atoms with van der Waals surface area (Å²) in [5.74, 6) is 1.54. The van der Waals surface area contributed by atoms with Gasteiger partial charge in [-0.2, -0.15) is 0 Å². The average molecular weight is 278 g/mol. The third-order valence-electron chi connectivity index (χ3n) is 2.42. The number of hydrogen-bond donors (Lipinski definition) is 2. The van der Waals surface area contributed by atoms with E-state index in [0.29, 0.717) is 23.6 Å². The van der Waals surface area contributed by atoms with Crippen molar-refractivity contribution in [2.45, 2.75) is 26.3 Å². The van der Waals surface area contributed by atoms with Gasteiger partial charge in [0.05, 0.1) is 0 Å². The van der Waals surface area contributed by atoms with Gasteiger partial charge in [0.2, 0.25) is 0 Å². The van der Waals surface area contributed by atoms with Crippen LogP contribution in [0.15, 0.2) is 24.3 Å². The molecule has 0 saturated carbocycles. The van der Waals surface area contributed by atoms with E-state index in [1.54, 1.807) is 12.1 Å². The molecule has 2 nitrogen and oxygen atoms in total. The third kappa shape index (κ3) is 6.77. The summed E-state index contributed by atoms with van der Waals surface area (Å²) in [6.07, 6.45) is 0.899. The largest absolute Gasteiger partial charge is 0.508 e. The van der Waals surface area contributed by atoms with Crippen LogP contribution >= 0.6 is 24.0 Å². The van der Waals surface area contributed by atoms with E-state index in [2.05, 4.69) is 19.2 Å². The van der Waals surface area contributed by atoms with Gasteiger partial charge in [-0.1, -0.05) is 26.0 Å². The molecule has 0 fully saturated rings. The van der Waals surface area contributed by atoms with Crippen molar-refractivity contribution >= 4 is 24.0 Å². The van der Waals surface area contributed by atoms with E-state index in [1.807, 2.05) is 12.1 Å². The minimum atomic E-state index is 0. The van der Waals surface area contributed by atoms with Crippen LogP contribution in [-0.2, 0) is 6.42 Å². The Hall–Kier alpha value is -0.440. The summed E-state index contributed by atoms with van der Waals surface area (Å²) in [7, 11) is 0. The molecule has 1 aromatic carbocycles. The predicted molar refractivity (Wildman–Crippen MR) is 76.4 cm³/mol.